The molecule has 102 valence electrons. The fourth-order valence-corrected chi connectivity index (χ4v) is 1.70. The highest BCUT2D eigenvalue weighted by Crippen LogP contribution is 2.19. The number of aromatic nitrogens is 2. The second-order valence-corrected chi connectivity index (χ2v) is 4.65. The van der Waals surface area contributed by atoms with E-state index in [1.807, 2.05) is 51.1 Å². The maximum atomic E-state index is 8.89. The van der Waals surface area contributed by atoms with E-state index in [0.717, 1.165) is 17.1 Å². The first-order valence-electron chi connectivity index (χ1n) is 6.36. The average molecular weight is 268 g/mol. The summed E-state index contributed by atoms with van der Waals surface area (Å²) in [4.78, 5) is 8.35. The minimum Gasteiger partial charge on any atom is -0.491 e. The monoisotopic (exact) mass is 268 g/mol. The van der Waals surface area contributed by atoms with Gasteiger partial charge < -0.3 is 10.1 Å². The zero-order valence-corrected chi connectivity index (χ0v) is 11.7. The number of hydrogen-bond acceptors (Lipinski definition) is 5. The summed E-state index contributed by atoms with van der Waals surface area (Å²) in [5, 5.41) is 12.0. The smallest absolute Gasteiger partial charge is 0.228 e. The Bertz CT molecular complexity index is 629. The van der Waals surface area contributed by atoms with Crippen LogP contribution in [0.1, 0.15) is 25.2 Å². The summed E-state index contributed by atoms with van der Waals surface area (Å²) in [7, 11) is 0. The molecule has 20 heavy (non-hydrogen) atoms. The van der Waals surface area contributed by atoms with Gasteiger partial charge in [0.05, 0.1) is 6.10 Å². The number of nitrogens with one attached hydrogen (secondary N) is 1. The van der Waals surface area contributed by atoms with Gasteiger partial charge in [-0.05, 0) is 51.1 Å². The van der Waals surface area contributed by atoms with Crippen LogP contribution in [0, 0.1) is 18.3 Å². The quantitative estimate of drug-likeness (QED) is 0.922. The van der Waals surface area contributed by atoms with E-state index >= 15 is 0 Å². The molecule has 1 heterocycles. The van der Waals surface area contributed by atoms with Crippen LogP contribution in [0.3, 0.4) is 0 Å². The summed E-state index contributed by atoms with van der Waals surface area (Å²) >= 11 is 0. The number of benzene rings is 1. The van der Waals surface area contributed by atoms with E-state index in [0.29, 0.717) is 11.6 Å². The fraction of sp³-hybridized carbons (Fsp3) is 0.267. The van der Waals surface area contributed by atoms with E-state index in [1.165, 1.54) is 0 Å². The Labute approximate surface area is 118 Å². The van der Waals surface area contributed by atoms with Crippen molar-refractivity contribution in [3.8, 4) is 11.8 Å². The summed E-state index contributed by atoms with van der Waals surface area (Å²) in [5.74, 6) is 1.23. The molecule has 0 saturated carbocycles. The lowest BCUT2D eigenvalue weighted by Crippen LogP contribution is -2.05. The van der Waals surface area contributed by atoms with Gasteiger partial charge in [0, 0.05) is 11.4 Å². The summed E-state index contributed by atoms with van der Waals surface area (Å²) < 4.78 is 5.57. The first kappa shape index (κ1) is 13.8. The normalized spacial score (nSPS) is 10.2. The molecule has 0 atom stereocenters. The molecule has 5 nitrogen and oxygen atoms in total. The van der Waals surface area contributed by atoms with Crippen molar-refractivity contribution >= 4 is 11.6 Å². The zero-order valence-electron chi connectivity index (χ0n) is 11.7. The van der Waals surface area contributed by atoms with Crippen LogP contribution in [0.5, 0.6) is 5.75 Å². The van der Waals surface area contributed by atoms with Crippen molar-refractivity contribution in [1.29, 1.82) is 5.26 Å². The highest BCUT2D eigenvalue weighted by Gasteiger charge is 2.03. The Balaban J connectivity index is 2.14. The Morgan fingerprint density at radius 3 is 2.50 bits per heavy atom. The lowest BCUT2D eigenvalue weighted by molar-refractivity contribution is 0.242. The summed E-state index contributed by atoms with van der Waals surface area (Å²) in [5.41, 5.74) is 1.94. The SMILES string of the molecule is Cc1cc(C#N)nc(Nc2ccc(OC(C)C)cc2)n1. The van der Waals surface area contributed by atoms with Crippen molar-refractivity contribution in [1.82, 2.24) is 9.97 Å². The third-order valence-corrected chi connectivity index (χ3v) is 2.45. The van der Waals surface area contributed by atoms with Crippen LogP contribution < -0.4 is 10.1 Å². The number of rotatable bonds is 4. The van der Waals surface area contributed by atoms with Crippen LogP contribution >= 0.6 is 0 Å². The van der Waals surface area contributed by atoms with Crippen LogP contribution in [-0.2, 0) is 0 Å². The van der Waals surface area contributed by atoms with Crippen molar-refractivity contribution in [2.45, 2.75) is 26.9 Å². The van der Waals surface area contributed by atoms with Crippen molar-refractivity contribution in [2.24, 2.45) is 0 Å². The molecule has 2 rings (SSSR count). The Hall–Kier alpha value is -2.61. The summed E-state index contributed by atoms with van der Waals surface area (Å²) in [6.07, 6.45) is 0.145. The molecule has 0 fully saturated rings. The first-order chi connectivity index (χ1) is 9.56. The topological polar surface area (TPSA) is 70.8 Å². The number of nitriles is 1. The van der Waals surface area contributed by atoms with Gasteiger partial charge in [0.25, 0.3) is 0 Å². The van der Waals surface area contributed by atoms with Crippen LogP contribution in [-0.4, -0.2) is 16.1 Å². The van der Waals surface area contributed by atoms with Gasteiger partial charge in [0.1, 0.15) is 17.5 Å². The van der Waals surface area contributed by atoms with Gasteiger partial charge in [0.2, 0.25) is 5.95 Å². The van der Waals surface area contributed by atoms with Gasteiger partial charge in [-0.1, -0.05) is 0 Å². The largest absolute Gasteiger partial charge is 0.491 e. The first-order valence-corrected chi connectivity index (χ1v) is 6.36. The summed E-state index contributed by atoms with van der Waals surface area (Å²) in [6, 6.07) is 11.2. The predicted molar refractivity (Wildman–Crippen MR) is 77.0 cm³/mol. The molecule has 5 heteroatoms. The molecule has 0 spiro atoms. The molecule has 2 aromatic rings. The summed E-state index contributed by atoms with van der Waals surface area (Å²) in [6.45, 7) is 5.79. The number of nitrogens with zero attached hydrogens (tertiary/aromatic N) is 3. The highest BCUT2D eigenvalue weighted by atomic mass is 16.5. The van der Waals surface area contributed by atoms with Crippen molar-refractivity contribution in [2.75, 3.05) is 5.32 Å². The lowest BCUT2D eigenvalue weighted by Gasteiger charge is -2.10. The lowest BCUT2D eigenvalue weighted by atomic mass is 10.3. The van der Waals surface area contributed by atoms with Crippen LogP contribution in [0.2, 0.25) is 0 Å². The van der Waals surface area contributed by atoms with E-state index in [9.17, 15) is 0 Å². The van der Waals surface area contributed by atoms with E-state index < -0.39 is 0 Å². The Morgan fingerprint density at radius 2 is 1.90 bits per heavy atom. The van der Waals surface area contributed by atoms with E-state index in [2.05, 4.69) is 15.3 Å². The number of ether oxygens (including phenoxy) is 1. The molecule has 1 aromatic heterocycles. The molecular formula is C15H16N4O. The fourth-order valence-electron chi connectivity index (χ4n) is 1.70. The molecule has 0 aliphatic carbocycles. The maximum absolute atomic E-state index is 8.89. The average Bonchev–Trinajstić information content (AvgIpc) is 2.39. The zero-order chi connectivity index (χ0) is 14.5. The highest BCUT2D eigenvalue weighted by molar-refractivity contribution is 5.55. The number of hydrogen-bond donors (Lipinski definition) is 1. The number of anilines is 2. The second-order valence-electron chi connectivity index (χ2n) is 4.65. The Morgan fingerprint density at radius 1 is 1.20 bits per heavy atom. The molecule has 1 N–H and O–H groups in total. The van der Waals surface area contributed by atoms with Crippen molar-refractivity contribution in [3.63, 3.8) is 0 Å². The van der Waals surface area contributed by atoms with E-state index in [4.69, 9.17) is 10.00 Å². The minimum absolute atomic E-state index is 0.145. The third kappa shape index (κ3) is 3.69. The number of aryl methyl sites for hydroxylation is 1. The second kappa shape index (κ2) is 6.02. The predicted octanol–water partition coefficient (Wildman–Crippen LogP) is 3.19. The minimum atomic E-state index is 0.145. The molecule has 0 unspecified atom stereocenters. The molecule has 0 radical (unpaired) electrons. The van der Waals surface area contributed by atoms with Gasteiger partial charge in [-0.25, -0.2) is 9.97 Å². The molecule has 0 bridgehead atoms. The molecular weight excluding hydrogens is 252 g/mol. The molecule has 1 aromatic carbocycles. The Kier molecular flexibility index (Phi) is 4.16. The molecule has 0 saturated heterocycles. The van der Waals surface area contributed by atoms with Gasteiger partial charge in [-0.15, -0.1) is 0 Å². The molecule has 0 amide bonds. The van der Waals surface area contributed by atoms with Gasteiger partial charge in [0.15, 0.2) is 0 Å². The van der Waals surface area contributed by atoms with Crippen LogP contribution in [0.4, 0.5) is 11.6 Å². The standard InChI is InChI=1S/C15H16N4O/c1-10(2)20-14-6-4-12(5-7-14)18-15-17-11(3)8-13(9-16)19-15/h4-8,10H,1-3H3,(H,17,18,19). The van der Waals surface area contributed by atoms with Gasteiger partial charge >= 0.3 is 0 Å². The van der Waals surface area contributed by atoms with E-state index in [1.54, 1.807) is 6.07 Å². The maximum Gasteiger partial charge on any atom is 0.228 e. The molecule has 0 aliphatic rings. The van der Waals surface area contributed by atoms with Crippen LogP contribution in [0.15, 0.2) is 30.3 Å². The van der Waals surface area contributed by atoms with Crippen LogP contribution in [0.25, 0.3) is 0 Å². The molecule has 0 aliphatic heterocycles. The van der Waals surface area contributed by atoms with Crippen molar-refractivity contribution < 1.29 is 4.74 Å². The van der Waals surface area contributed by atoms with Gasteiger partial charge in [-0.2, -0.15) is 5.26 Å². The third-order valence-electron chi connectivity index (χ3n) is 2.45. The van der Waals surface area contributed by atoms with E-state index in [-0.39, 0.29) is 6.10 Å². The van der Waals surface area contributed by atoms with Crippen molar-refractivity contribution in [3.05, 3.63) is 41.7 Å². The van der Waals surface area contributed by atoms with Gasteiger partial charge in [-0.3, -0.25) is 0 Å².